The van der Waals surface area contributed by atoms with Gasteiger partial charge in [-0.1, -0.05) is 27.2 Å². The minimum Gasteiger partial charge on any atom is -0.357 e. The number of amides is 3. The number of rotatable bonds is 11. The normalized spacial score (nSPS) is 19.9. The smallest absolute Gasteiger partial charge is 0.247 e. The molecule has 0 saturated carbocycles. The summed E-state index contributed by atoms with van der Waals surface area (Å²) in [5.41, 5.74) is 6.03. The van der Waals surface area contributed by atoms with E-state index in [9.17, 15) is 14.4 Å². The summed E-state index contributed by atoms with van der Waals surface area (Å²) in [5, 5.41) is 8.84. The van der Waals surface area contributed by atoms with Gasteiger partial charge in [0.2, 0.25) is 17.7 Å². The van der Waals surface area contributed by atoms with E-state index in [0.717, 1.165) is 19.3 Å². The number of likely N-dealkylation sites (tertiary alicyclic amines) is 1. The van der Waals surface area contributed by atoms with Crippen LogP contribution < -0.4 is 21.6 Å². The molecule has 0 aliphatic carbocycles. The van der Waals surface area contributed by atoms with E-state index < -0.39 is 18.1 Å². The molecule has 1 aliphatic heterocycles. The third-order valence-corrected chi connectivity index (χ3v) is 5.19. The first-order chi connectivity index (χ1) is 13.3. The summed E-state index contributed by atoms with van der Waals surface area (Å²) in [5.74, 6) is -0.387. The molecular weight excluding hydrogens is 357 g/mol. The van der Waals surface area contributed by atoms with Crippen LogP contribution in [-0.4, -0.2) is 67.9 Å². The third-order valence-electron chi connectivity index (χ3n) is 5.19. The summed E-state index contributed by atoms with van der Waals surface area (Å²) in [6.45, 7) is 8.95. The maximum absolute atomic E-state index is 13.4. The number of likely N-dealkylation sites (N-methyl/N-ethyl adjacent to an activating group) is 1. The predicted molar refractivity (Wildman–Crippen MR) is 113 cm³/mol. The Bertz CT molecular complexity index is 532. The van der Waals surface area contributed by atoms with Crippen molar-refractivity contribution in [2.75, 3.05) is 13.1 Å². The molecule has 0 aromatic carbocycles. The van der Waals surface area contributed by atoms with Crippen molar-refractivity contribution in [3.63, 3.8) is 0 Å². The molecule has 0 aromatic heterocycles. The fourth-order valence-electron chi connectivity index (χ4n) is 3.77. The van der Waals surface area contributed by atoms with E-state index >= 15 is 0 Å². The van der Waals surface area contributed by atoms with E-state index in [0.29, 0.717) is 25.9 Å². The van der Waals surface area contributed by atoms with Crippen molar-refractivity contribution >= 4 is 25.7 Å². The first kappa shape index (κ1) is 24.4. The van der Waals surface area contributed by atoms with Gasteiger partial charge in [0.15, 0.2) is 7.98 Å². The van der Waals surface area contributed by atoms with E-state index in [1.54, 1.807) is 12.9 Å². The number of nitrogens with two attached hydrogens (primary N) is 1. The van der Waals surface area contributed by atoms with Crippen LogP contribution in [0.3, 0.4) is 0 Å². The quantitative estimate of drug-likeness (QED) is 0.345. The Kier molecular flexibility index (Phi) is 10.5. The minimum absolute atomic E-state index is 0.133. The molecule has 1 fully saturated rings. The summed E-state index contributed by atoms with van der Waals surface area (Å²) < 4.78 is 0. The van der Waals surface area contributed by atoms with Gasteiger partial charge in [-0.2, -0.15) is 0 Å². The fraction of sp³-hybridized carbons (Fsp3) is 0.842. The van der Waals surface area contributed by atoms with Crippen molar-refractivity contribution in [1.82, 2.24) is 20.8 Å². The van der Waals surface area contributed by atoms with E-state index in [1.165, 1.54) is 0 Å². The van der Waals surface area contributed by atoms with E-state index in [1.807, 2.05) is 27.7 Å². The second-order valence-electron chi connectivity index (χ2n) is 7.99. The molecular formula is C19H38BN5O3. The molecule has 0 aromatic rings. The van der Waals surface area contributed by atoms with Gasteiger partial charge in [-0.05, 0) is 38.5 Å². The molecule has 0 spiro atoms. The highest BCUT2D eigenvalue weighted by Gasteiger charge is 2.40. The molecule has 1 rings (SSSR count). The Balaban J connectivity index is 3.01. The molecule has 1 saturated heterocycles. The van der Waals surface area contributed by atoms with Crippen LogP contribution in [0.4, 0.5) is 0 Å². The van der Waals surface area contributed by atoms with Crippen LogP contribution in [0.1, 0.15) is 59.8 Å². The number of nitrogens with one attached hydrogen (secondary N) is 3. The maximum atomic E-state index is 13.4. The van der Waals surface area contributed by atoms with Crippen LogP contribution in [0, 0.1) is 5.92 Å². The zero-order valence-corrected chi connectivity index (χ0v) is 18.1. The monoisotopic (exact) mass is 395 g/mol. The molecule has 0 radical (unpaired) electrons. The summed E-state index contributed by atoms with van der Waals surface area (Å²) in [4.78, 5) is 40.0. The summed E-state index contributed by atoms with van der Waals surface area (Å²) in [6, 6.07) is -2.10. The van der Waals surface area contributed by atoms with Crippen LogP contribution in [0.2, 0.25) is 0 Å². The lowest BCUT2D eigenvalue weighted by Crippen LogP contribution is -2.62. The number of carbonyl (C=O) groups excluding carboxylic acids is 3. The first-order valence-electron chi connectivity index (χ1n) is 10.6. The highest BCUT2D eigenvalue weighted by molar-refractivity contribution is 6.05. The number of hydrogen-bond donors (Lipinski definition) is 4. The zero-order valence-electron chi connectivity index (χ0n) is 18.1. The van der Waals surface area contributed by atoms with Gasteiger partial charge in [0.05, 0.1) is 6.04 Å². The van der Waals surface area contributed by atoms with E-state index in [-0.39, 0.29) is 29.7 Å². The van der Waals surface area contributed by atoms with Crippen LogP contribution >= 0.6 is 0 Å². The highest BCUT2D eigenvalue weighted by atomic mass is 16.2. The van der Waals surface area contributed by atoms with Crippen LogP contribution in [-0.2, 0) is 14.4 Å². The summed E-state index contributed by atoms with van der Waals surface area (Å²) in [7, 11) is 1.78. The van der Waals surface area contributed by atoms with E-state index in [4.69, 9.17) is 5.73 Å². The molecule has 1 aliphatic rings. The van der Waals surface area contributed by atoms with Crippen LogP contribution in [0.15, 0.2) is 0 Å². The predicted octanol–water partition coefficient (Wildman–Crippen LogP) is -0.722. The number of nitrogens with zero attached hydrogens (tertiary/aromatic N) is 1. The third kappa shape index (κ3) is 6.77. The SMILES string of the molecule is BNC(CCC)C(NC(=O)C(N)CC(C)C)C(=O)N1CCCC1C(=O)NCC. The van der Waals surface area contributed by atoms with Gasteiger partial charge >= 0.3 is 0 Å². The fourth-order valence-corrected chi connectivity index (χ4v) is 3.77. The molecule has 9 heteroatoms. The average molecular weight is 395 g/mol. The van der Waals surface area contributed by atoms with Gasteiger partial charge in [0.25, 0.3) is 0 Å². The summed E-state index contributed by atoms with van der Waals surface area (Å²) >= 11 is 0. The zero-order chi connectivity index (χ0) is 21.3. The molecule has 4 unspecified atom stereocenters. The molecule has 1 heterocycles. The van der Waals surface area contributed by atoms with Crippen molar-refractivity contribution in [3.05, 3.63) is 0 Å². The first-order valence-corrected chi connectivity index (χ1v) is 10.6. The number of carbonyl (C=O) groups is 3. The van der Waals surface area contributed by atoms with Crippen LogP contribution in [0.25, 0.3) is 0 Å². The standard InChI is InChI=1S/C19H38BN5O3/c1-5-8-14(24-20)16(23-17(26)13(21)11-12(3)4)19(28)25-10-7-9-15(25)18(27)22-6-2/h12-16,24H,5-11,20-21H2,1-4H3,(H,22,27)(H,23,26). The lowest BCUT2D eigenvalue weighted by Gasteiger charge is -2.33. The Morgan fingerprint density at radius 2 is 1.93 bits per heavy atom. The molecule has 160 valence electrons. The van der Waals surface area contributed by atoms with Gasteiger partial charge in [0, 0.05) is 19.1 Å². The van der Waals surface area contributed by atoms with E-state index in [2.05, 4.69) is 15.9 Å². The van der Waals surface area contributed by atoms with Crippen molar-refractivity contribution in [3.8, 4) is 0 Å². The molecule has 8 nitrogen and oxygen atoms in total. The van der Waals surface area contributed by atoms with Gasteiger partial charge < -0.3 is 26.5 Å². The molecule has 4 atom stereocenters. The van der Waals surface area contributed by atoms with Crippen molar-refractivity contribution < 1.29 is 14.4 Å². The molecule has 0 bridgehead atoms. The Hall–Kier alpha value is -1.61. The number of hydrogen-bond acceptors (Lipinski definition) is 5. The van der Waals surface area contributed by atoms with Gasteiger partial charge in [0.1, 0.15) is 12.1 Å². The molecule has 28 heavy (non-hydrogen) atoms. The lowest BCUT2D eigenvalue weighted by molar-refractivity contribution is -0.142. The Morgan fingerprint density at radius 1 is 1.25 bits per heavy atom. The maximum Gasteiger partial charge on any atom is 0.247 e. The highest BCUT2D eigenvalue weighted by Crippen LogP contribution is 2.20. The summed E-state index contributed by atoms with van der Waals surface area (Å²) in [6.07, 6.45) is 3.56. The second-order valence-corrected chi connectivity index (χ2v) is 7.99. The molecule has 5 N–H and O–H groups in total. The Morgan fingerprint density at radius 3 is 2.46 bits per heavy atom. The largest absolute Gasteiger partial charge is 0.357 e. The average Bonchev–Trinajstić information content (AvgIpc) is 3.13. The lowest BCUT2D eigenvalue weighted by atomic mass is 9.97. The van der Waals surface area contributed by atoms with Crippen molar-refractivity contribution in [1.29, 1.82) is 0 Å². The van der Waals surface area contributed by atoms with Crippen LogP contribution in [0.5, 0.6) is 0 Å². The van der Waals surface area contributed by atoms with Crippen molar-refractivity contribution in [2.45, 2.75) is 84.0 Å². The Labute approximate surface area is 170 Å². The topological polar surface area (TPSA) is 117 Å². The molecule has 3 amide bonds. The van der Waals surface area contributed by atoms with Gasteiger partial charge in [-0.25, -0.2) is 0 Å². The van der Waals surface area contributed by atoms with Crippen molar-refractivity contribution in [2.24, 2.45) is 11.7 Å². The van der Waals surface area contributed by atoms with Gasteiger partial charge in [-0.3, -0.25) is 14.4 Å². The van der Waals surface area contributed by atoms with Gasteiger partial charge in [-0.15, -0.1) is 0 Å². The second kappa shape index (κ2) is 12.1. The minimum atomic E-state index is -0.745.